The van der Waals surface area contributed by atoms with E-state index in [1.54, 1.807) is 12.1 Å². The maximum absolute atomic E-state index is 10.8. The van der Waals surface area contributed by atoms with Crippen molar-refractivity contribution in [2.45, 2.75) is 20.8 Å². The molecule has 0 aliphatic heterocycles. The number of carbonyl (C=O) groups is 1. The number of pyridine rings is 1. The molecule has 0 aromatic carbocycles. The van der Waals surface area contributed by atoms with Crippen molar-refractivity contribution in [1.29, 1.82) is 0 Å². The molecule has 1 rings (SSSR count). The number of hydrogen-bond donors (Lipinski definition) is 2. The predicted molar refractivity (Wildman–Crippen MR) is 53.4 cm³/mol. The number of nitrogen functional groups attached to an aromatic ring is 1. The van der Waals surface area contributed by atoms with Gasteiger partial charge in [0, 0.05) is 11.8 Å². The number of rotatable bonds is 2. The van der Waals surface area contributed by atoms with E-state index in [1.165, 1.54) is 13.1 Å². The summed E-state index contributed by atoms with van der Waals surface area (Å²) < 4.78 is 0. The Balaban J connectivity index is 0.000000671. The highest BCUT2D eigenvalue weighted by molar-refractivity contribution is 5.93. The van der Waals surface area contributed by atoms with Crippen LogP contribution in [0.1, 0.15) is 31.1 Å². The van der Waals surface area contributed by atoms with Crippen LogP contribution in [0.3, 0.4) is 0 Å². The van der Waals surface area contributed by atoms with E-state index in [-0.39, 0.29) is 5.78 Å². The molecule has 4 nitrogen and oxygen atoms in total. The average Bonchev–Trinajstić information content (AvgIpc) is 2.21. The molecule has 0 spiro atoms. The highest BCUT2D eigenvalue weighted by Crippen LogP contribution is 2.03. The van der Waals surface area contributed by atoms with E-state index in [2.05, 4.69) is 10.4 Å². The molecule has 0 unspecified atom stereocenters. The number of hydrazine groups is 1. The molecule has 0 radical (unpaired) electrons. The molecule has 0 saturated carbocycles. The average molecular weight is 181 g/mol. The molecule has 72 valence electrons. The third-order valence-electron chi connectivity index (χ3n) is 1.32. The van der Waals surface area contributed by atoms with Gasteiger partial charge in [-0.05, 0) is 19.1 Å². The van der Waals surface area contributed by atoms with Gasteiger partial charge >= 0.3 is 0 Å². The molecule has 0 bridgehead atoms. The first-order valence-corrected chi connectivity index (χ1v) is 4.17. The van der Waals surface area contributed by atoms with Crippen LogP contribution in [0, 0.1) is 0 Å². The minimum Gasteiger partial charge on any atom is -0.308 e. The second-order valence-corrected chi connectivity index (χ2v) is 2.13. The van der Waals surface area contributed by atoms with Gasteiger partial charge in [0.15, 0.2) is 5.78 Å². The van der Waals surface area contributed by atoms with Crippen LogP contribution >= 0.6 is 0 Å². The molecule has 1 heterocycles. The number of carbonyl (C=O) groups excluding carboxylic acids is 1. The lowest BCUT2D eigenvalue weighted by Crippen LogP contribution is -2.08. The van der Waals surface area contributed by atoms with Crippen molar-refractivity contribution in [2.24, 2.45) is 5.84 Å². The summed E-state index contributed by atoms with van der Waals surface area (Å²) in [6.45, 7) is 5.49. The maximum Gasteiger partial charge on any atom is 0.161 e. The minimum absolute atomic E-state index is 0.000992. The van der Waals surface area contributed by atoms with Crippen LogP contribution in [-0.4, -0.2) is 10.8 Å². The first-order valence-electron chi connectivity index (χ1n) is 4.17. The van der Waals surface area contributed by atoms with Gasteiger partial charge < -0.3 is 5.43 Å². The Kier molecular flexibility index (Phi) is 5.47. The largest absolute Gasteiger partial charge is 0.308 e. The van der Waals surface area contributed by atoms with E-state index < -0.39 is 0 Å². The molecule has 1 aromatic rings. The highest BCUT2D eigenvalue weighted by Gasteiger charge is 1.97. The number of hydrogen-bond acceptors (Lipinski definition) is 4. The van der Waals surface area contributed by atoms with Crippen LogP contribution in [0.25, 0.3) is 0 Å². The lowest BCUT2D eigenvalue weighted by Gasteiger charge is -1.97. The number of nitrogens with zero attached hydrogens (tertiary/aromatic N) is 1. The quantitative estimate of drug-likeness (QED) is 0.413. The molecule has 4 heteroatoms. The Labute approximate surface area is 78.1 Å². The smallest absolute Gasteiger partial charge is 0.161 e. The summed E-state index contributed by atoms with van der Waals surface area (Å²) in [7, 11) is 0. The molecule has 0 fully saturated rings. The number of anilines is 1. The number of nitrogens with one attached hydrogen (secondary N) is 1. The lowest BCUT2D eigenvalue weighted by molar-refractivity contribution is 0.101. The van der Waals surface area contributed by atoms with Gasteiger partial charge in [-0.3, -0.25) is 4.79 Å². The van der Waals surface area contributed by atoms with Crippen molar-refractivity contribution in [3.63, 3.8) is 0 Å². The fraction of sp³-hybridized carbons (Fsp3) is 0.333. The van der Waals surface area contributed by atoms with Crippen molar-refractivity contribution in [3.8, 4) is 0 Å². The van der Waals surface area contributed by atoms with Gasteiger partial charge in [-0.15, -0.1) is 0 Å². The van der Waals surface area contributed by atoms with Crippen LogP contribution in [0.2, 0.25) is 0 Å². The van der Waals surface area contributed by atoms with E-state index in [1.807, 2.05) is 13.8 Å². The highest BCUT2D eigenvalue weighted by atomic mass is 16.1. The van der Waals surface area contributed by atoms with Crippen LogP contribution in [-0.2, 0) is 0 Å². The monoisotopic (exact) mass is 181 g/mol. The van der Waals surface area contributed by atoms with Gasteiger partial charge in [-0.1, -0.05) is 13.8 Å². The van der Waals surface area contributed by atoms with Crippen molar-refractivity contribution in [2.75, 3.05) is 5.43 Å². The SMILES string of the molecule is CC.CC(=O)c1ccc(NN)nc1. The third-order valence-corrected chi connectivity index (χ3v) is 1.32. The summed E-state index contributed by atoms with van der Waals surface area (Å²) in [6, 6.07) is 3.32. The summed E-state index contributed by atoms with van der Waals surface area (Å²) >= 11 is 0. The van der Waals surface area contributed by atoms with Crippen molar-refractivity contribution in [3.05, 3.63) is 23.9 Å². The second-order valence-electron chi connectivity index (χ2n) is 2.13. The molecule has 13 heavy (non-hydrogen) atoms. The van der Waals surface area contributed by atoms with Gasteiger partial charge in [-0.2, -0.15) is 0 Å². The van der Waals surface area contributed by atoms with Crippen molar-refractivity contribution < 1.29 is 4.79 Å². The van der Waals surface area contributed by atoms with Crippen molar-refractivity contribution in [1.82, 2.24) is 4.98 Å². The Bertz CT molecular complexity index is 256. The molecule has 0 atom stereocenters. The number of aromatic nitrogens is 1. The topological polar surface area (TPSA) is 68.0 Å². The molecule has 3 N–H and O–H groups in total. The fourth-order valence-electron chi connectivity index (χ4n) is 0.688. The Hall–Kier alpha value is -1.42. The van der Waals surface area contributed by atoms with Gasteiger partial charge in [0.2, 0.25) is 0 Å². The summed E-state index contributed by atoms with van der Waals surface area (Å²) in [5.41, 5.74) is 2.96. The minimum atomic E-state index is 0.000992. The Morgan fingerprint density at radius 2 is 2.08 bits per heavy atom. The molecular formula is C9H15N3O. The maximum atomic E-state index is 10.8. The predicted octanol–water partition coefficient (Wildman–Crippen LogP) is 1.60. The molecule has 0 amide bonds. The van der Waals surface area contributed by atoms with E-state index >= 15 is 0 Å². The summed E-state index contributed by atoms with van der Waals surface area (Å²) in [5.74, 6) is 5.63. The lowest BCUT2D eigenvalue weighted by atomic mass is 10.2. The number of nitrogens with two attached hydrogens (primary N) is 1. The summed E-state index contributed by atoms with van der Waals surface area (Å²) in [4.78, 5) is 14.6. The van der Waals surface area contributed by atoms with Crippen LogP contribution in [0.4, 0.5) is 5.82 Å². The summed E-state index contributed by atoms with van der Waals surface area (Å²) in [6.07, 6.45) is 1.48. The second kappa shape index (κ2) is 6.14. The van der Waals surface area contributed by atoms with E-state index in [0.29, 0.717) is 11.4 Å². The number of Topliss-reactive ketones (excluding diaryl/α,β-unsaturated/α-hetero) is 1. The molecular weight excluding hydrogens is 166 g/mol. The Morgan fingerprint density at radius 1 is 1.46 bits per heavy atom. The molecule has 0 saturated heterocycles. The van der Waals surface area contributed by atoms with Gasteiger partial charge in [0.1, 0.15) is 5.82 Å². The van der Waals surface area contributed by atoms with Gasteiger partial charge in [-0.25, -0.2) is 10.8 Å². The zero-order chi connectivity index (χ0) is 10.3. The van der Waals surface area contributed by atoms with Crippen LogP contribution in [0.5, 0.6) is 0 Å². The molecule has 0 aliphatic rings. The Morgan fingerprint density at radius 3 is 2.38 bits per heavy atom. The van der Waals surface area contributed by atoms with E-state index in [4.69, 9.17) is 5.84 Å². The summed E-state index contributed by atoms with van der Waals surface area (Å²) in [5, 5.41) is 0. The normalized spacial score (nSPS) is 8.31. The van der Waals surface area contributed by atoms with Crippen molar-refractivity contribution >= 4 is 11.6 Å². The van der Waals surface area contributed by atoms with Crippen LogP contribution in [0.15, 0.2) is 18.3 Å². The first-order chi connectivity index (χ1) is 6.24. The third kappa shape index (κ3) is 3.66. The molecule has 0 aliphatic carbocycles. The fourth-order valence-corrected chi connectivity index (χ4v) is 0.688. The first kappa shape index (κ1) is 11.6. The van der Waals surface area contributed by atoms with Crippen LogP contribution < -0.4 is 11.3 Å². The van der Waals surface area contributed by atoms with Gasteiger partial charge in [0.25, 0.3) is 0 Å². The van der Waals surface area contributed by atoms with E-state index in [0.717, 1.165) is 0 Å². The molecule has 1 aromatic heterocycles. The van der Waals surface area contributed by atoms with E-state index in [9.17, 15) is 4.79 Å². The zero-order valence-electron chi connectivity index (χ0n) is 8.16. The zero-order valence-corrected chi connectivity index (χ0v) is 8.16. The standard InChI is InChI=1S/C7H9N3O.C2H6/c1-5(11)6-2-3-7(10-8)9-4-6;1-2/h2-4H,8H2,1H3,(H,9,10);1-2H3. The number of ketones is 1. The van der Waals surface area contributed by atoms with Gasteiger partial charge in [0.05, 0.1) is 0 Å².